The Hall–Kier alpha value is -0.600. The Labute approximate surface area is 109 Å². The third kappa shape index (κ3) is 2.74. The number of hydrogen-bond acceptors (Lipinski definition) is 1. The van der Waals surface area contributed by atoms with Crippen LogP contribution in [-0.2, 0) is 0 Å². The van der Waals surface area contributed by atoms with Gasteiger partial charge in [0.1, 0.15) is 0 Å². The highest BCUT2D eigenvalue weighted by atomic mass is 79.9. The van der Waals surface area contributed by atoms with Gasteiger partial charge in [-0.05, 0) is 35.6 Å². The monoisotopic (exact) mass is 294 g/mol. The Morgan fingerprint density at radius 1 is 1.19 bits per heavy atom. The number of rotatable bonds is 4. The Kier molecular flexibility index (Phi) is 4.19. The third-order valence-electron chi connectivity index (χ3n) is 2.74. The zero-order chi connectivity index (χ0) is 11.4. The zero-order valence-electron chi connectivity index (χ0n) is 9.32. The first kappa shape index (κ1) is 11.9. The van der Waals surface area contributed by atoms with Crippen LogP contribution >= 0.6 is 27.3 Å². The molecule has 1 heterocycles. The molecule has 0 nitrogen and oxygen atoms in total. The van der Waals surface area contributed by atoms with Crippen LogP contribution in [0.3, 0.4) is 0 Å². The van der Waals surface area contributed by atoms with Gasteiger partial charge in [-0.25, -0.2) is 0 Å². The highest BCUT2D eigenvalue weighted by molar-refractivity contribution is 9.10. The molecular formula is C14H15BrS. The van der Waals surface area contributed by atoms with Gasteiger partial charge in [0.15, 0.2) is 0 Å². The SMILES string of the molecule is CCCC(c1ccc(Br)cc1)c1cccs1. The molecule has 0 amide bonds. The Morgan fingerprint density at radius 2 is 1.94 bits per heavy atom. The molecule has 1 aromatic heterocycles. The molecule has 0 spiro atoms. The van der Waals surface area contributed by atoms with Gasteiger partial charge in [0.2, 0.25) is 0 Å². The Balaban J connectivity index is 2.29. The molecule has 0 aliphatic heterocycles. The highest BCUT2D eigenvalue weighted by Gasteiger charge is 2.13. The molecule has 0 radical (unpaired) electrons. The highest BCUT2D eigenvalue weighted by Crippen LogP contribution is 2.32. The second kappa shape index (κ2) is 5.65. The van der Waals surface area contributed by atoms with Gasteiger partial charge < -0.3 is 0 Å². The van der Waals surface area contributed by atoms with E-state index in [9.17, 15) is 0 Å². The standard InChI is InChI=1S/C14H15BrS/c1-2-4-13(14-5-3-10-16-14)11-6-8-12(15)9-7-11/h3,5-10,13H,2,4H2,1H3. The minimum Gasteiger partial charge on any atom is -0.148 e. The smallest absolute Gasteiger partial charge is 0.0183 e. The van der Waals surface area contributed by atoms with Crippen molar-refractivity contribution < 1.29 is 0 Å². The average molecular weight is 295 g/mol. The molecule has 0 aliphatic rings. The van der Waals surface area contributed by atoms with Gasteiger partial charge >= 0.3 is 0 Å². The molecular weight excluding hydrogens is 280 g/mol. The maximum absolute atomic E-state index is 3.48. The molecule has 0 fully saturated rings. The van der Waals surface area contributed by atoms with Crippen molar-refractivity contribution in [3.05, 3.63) is 56.7 Å². The van der Waals surface area contributed by atoms with Crippen LogP contribution in [0.5, 0.6) is 0 Å². The van der Waals surface area contributed by atoms with Gasteiger partial charge in [0.25, 0.3) is 0 Å². The van der Waals surface area contributed by atoms with Gasteiger partial charge in [-0.3, -0.25) is 0 Å². The van der Waals surface area contributed by atoms with Crippen molar-refractivity contribution in [2.45, 2.75) is 25.7 Å². The van der Waals surface area contributed by atoms with E-state index < -0.39 is 0 Å². The van der Waals surface area contributed by atoms with E-state index in [1.54, 1.807) is 0 Å². The van der Waals surface area contributed by atoms with E-state index in [-0.39, 0.29) is 0 Å². The summed E-state index contributed by atoms with van der Waals surface area (Å²) in [5, 5.41) is 2.16. The lowest BCUT2D eigenvalue weighted by molar-refractivity contribution is 0.708. The van der Waals surface area contributed by atoms with Crippen LogP contribution in [0.2, 0.25) is 0 Å². The van der Waals surface area contributed by atoms with Crippen LogP contribution in [0, 0.1) is 0 Å². The van der Waals surface area contributed by atoms with E-state index in [2.05, 4.69) is 64.6 Å². The van der Waals surface area contributed by atoms with Crippen molar-refractivity contribution in [2.75, 3.05) is 0 Å². The molecule has 1 atom stereocenters. The number of hydrogen-bond donors (Lipinski definition) is 0. The van der Waals surface area contributed by atoms with Crippen LogP contribution in [-0.4, -0.2) is 0 Å². The normalized spacial score (nSPS) is 12.6. The molecule has 1 aromatic carbocycles. The van der Waals surface area contributed by atoms with Crippen molar-refractivity contribution >= 4 is 27.3 Å². The lowest BCUT2D eigenvalue weighted by Crippen LogP contribution is -1.98. The van der Waals surface area contributed by atoms with Crippen LogP contribution in [0.1, 0.15) is 36.1 Å². The lowest BCUT2D eigenvalue weighted by atomic mass is 9.93. The summed E-state index contributed by atoms with van der Waals surface area (Å²) < 4.78 is 1.15. The molecule has 0 bridgehead atoms. The van der Waals surface area contributed by atoms with Crippen molar-refractivity contribution in [3.8, 4) is 0 Å². The molecule has 0 N–H and O–H groups in total. The summed E-state index contributed by atoms with van der Waals surface area (Å²) >= 11 is 5.34. The van der Waals surface area contributed by atoms with Crippen molar-refractivity contribution in [1.82, 2.24) is 0 Å². The number of thiophene rings is 1. The average Bonchev–Trinajstić information content (AvgIpc) is 2.81. The van der Waals surface area contributed by atoms with E-state index in [4.69, 9.17) is 0 Å². The fourth-order valence-electron chi connectivity index (χ4n) is 1.95. The summed E-state index contributed by atoms with van der Waals surface area (Å²) in [5.41, 5.74) is 1.42. The molecule has 2 rings (SSSR count). The lowest BCUT2D eigenvalue weighted by Gasteiger charge is -2.15. The predicted octanol–water partition coefficient (Wildman–Crippen LogP) is 5.44. The second-order valence-electron chi connectivity index (χ2n) is 3.91. The van der Waals surface area contributed by atoms with Gasteiger partial charge in [-0.15, -0.1) is 11.3 Å². The second-order valence-corrected chi connectivity index (χ2v) is 5.80. The van der Waals surface area contributed by atoms with Crippen LogP contribution in [0.15, 0.2) is 46.3 Å². The van der Waals surface area contributed by atoms with Crippen molar-refractivity contribution in [3.63, 3.8) is 0 Å². The number of benzene rings is 1. The first-order valence-electron chi connectivity index (χ1n) is 5.60. The minimum atomic E-state index is 0.568. The first-order valence-corrected chi connectivity index (χ1v) is 7.27. The fourth-order valence-corrected chi connectivity index (χ4v) is 3.10. The summed E-state index contributed by atoms with van der Waals surface area (Å²) in [6, 6.07) is 13.1. The molecule has 1 unspecified atom stereocenters. The molecule has 0 saturated heterocycles. The number of halogens is 1. The molecule has 0 aliphatic carbocycles. The summed E-state index contributed by atoms with van der Waals surface area (Å²) in [7, 11) is 0. The topological polar surface area (TPSA) is 0 Å². The summed E-state index contributed by atoms with van der Waals surface area (Å²) in [6.45, 7) is 2.25. The van der Waals surface area contributed by atoms with E-state index in [0.29, 0.717) is 5.92 Å². The maximum atomic E-state index is 3.48. The van der Waals surface area contributed by atoms with Gasteiger partial charge in [0.05, 0.1) is 0 Å². The van der Waals surface area contributed by atoms with Gasteiger partial charge in [-0.1, -0.05) is 47.5 Å². The Bertz CT molecular complexity index is 417. The Morgan fingerprint density at radius 3 is 2.50 bits per heavy atom. The quantitative estimate of drug-likeness (QED) is 0.704. The van der Waals surface area contributed by atoms with Crippen LogP contribution in [0.4, 0.5) is 0 Å². The summed E-state index contributed by atoms with van der Waals surface area (Å²) in [5.74, 6) is 0.568. The molecule has 16 heavy (non-hydrogen) atoms. The van der Waals surface area contributed by atoms with E-state index >= 15 is 0 Å². The molecule has 2 aromatic rings. The van der Waals surface area contributed by atoms with Crippen molar-refractivity contribution in [1.29, 1.82) is 0 Å². The van der Waals surface area contributed by atoms with Crippen LogP contribution < -0.4 is 0 Å². The third-order valence-corrected chi connectivity index (χ3v) is 4.25. The largest absolute Gasteiger partial charge is 0.148 e. The van der Waals surface area contributed by atoms with E-state index in [1.165, 1.54) is 23.3 Å². The summed E-state index contributed by atoms with van der Waals surface area (Å²) in [4.78, 5) is 1.48. The fraction of sp³-hybridized carbons (Fsp3) is 0.286. The van der Waals surface area contributed by atoms with Crippen LogP contribution in [0.25, 0.3) is 0 Å². The van der Waals surface area contributed by atoms with E-state index in [1.807, 2.05) is 11.3 Å². The maximum Gasteiger partial charge on any atom is 0.0183 e. The predicted molar refractivity (Wildman–Crippen MR) is 75.2 cm³/mol. The van der Waals surface area contributed by atoms with Crippen molar-refractivity contribution in [2.24, 2.45) is 0 Å². The zero-order valence-corrected chi connectivity index (χ0v) is 11.7. The molecule has 0 saturated carbocycles. The minimum absolute atomic E-state index is 0.568. The van der Waals surface area contributed by atoms with Gasteiger partial charge in [0, 0.05) is 15.3 Å². The molecule has 2 heteroatoms. The van der Waals surface area contributed by atoms with E-state index in [0.717, 1.165) is 4.47 Å². The first-order chi connectivity index (χ1) is 7.81. The summed E-state index contributed by atoms with van der Waals surface area (Å²) in [6.07, 6.45) is 2.45. The molecule has 84 valence electrons. The van der Waals surface area contributed by atoms with Gasteiger partial charge in [-0.2, -0.15) is 0 Å².